The van der Waals surface area contributed by atoms with Crippen molar-refractivity contribution in [3.8, 4) is 0 Å². The van der Waals surface area contributed by atoms with Crippen LogP contribution in [0.15, 0.2) is 28.7 Å². The smallest absolute Gasteiger partial charge is 0.390 e. The Bertz CT molecular complexity index is 601. The number of alkyl halides is 3. The van der Waals surface area contributed by atoms with Crippen molar-refractivity contribution in [3.05, 3.63) is 35.6 Å². The van der Waals surface area contributed by atoms with Gasteiger partial charge in [-0.1, -0.05) is 12.1 Å². The van der Waals surface area contributed by atoms with E-state index in [4.69, 9.17) is 4.42 Å². The molecule has 1 N–H and O–H groups in total. The maximum absolute atomic E-state index is 11.9. The number of hydrogen-bond donors (Lipinski definition) is 1. The first kappa shape index (κ1) is 13.5. The highest BCUT2D eigenvalue weighted by molar-refractivity contribution is 5.96. The van der Waals surface area contributed by atoms with Crippen molar-refractivity contribution in [3.63, 3.8) is 0 Å². The van der Waals surface area contributed by atoms with Crippen LogP contribution in [0.2, 0.25) is 0 Å². The molecule has 1 amide bonds. The second kappa shape index (κ2) is 4.95. The van der Waals surface area contributed by atoms with Crippen LogP contribution in [-0.2, 0) is 0 Å². The van der Waals surface area contributed by atoms with Crippen molar-refractivity contribution in [2.45, 2.75) is 19.5 Å². The van der Waals surface area contributed by atoms with Gasteiger partial charge in [-0.05, 0) is 24.6 Å². The largest absolute Gasteiger partial charge is 0.451 e. The first-order valence-corrected chi connectivity index (χ1v) is 5.70. The zero-order valence-electron chi connectivity index (χ0n) is 10.2. The molecule has 0 spiro atoms. The molecule has 6 heteroatoms. The lowest BCUT2D eigenvalue weighted by molar-refractivity contribution is -0.133. The van der Waals surface area contributed by atoms with Crippen molar-refractivity contribution < 1.29 is 22.4 Å². The summed E-state index contributed by atoms with van der Waals surface area (Å²) in [6.07, 6.45) is -5.34. The number of benzene rings is 1. The standard InChI is InChI=1S/C13H12F3NO2/c1-8-2-3-9-7-11(19-10(9)6-8)12(18)17-5-4-13(14,15)16/h2-3,6-7H,4-5H2,1H3,(H,17,18). The highest BCUT2D eigenvalue weighted by atomic mass is 19.4. The number of aryl methyl sites for hydroxylation is 1. The molecule has 0 fully saturated rings. The Morgan fingerprint density at radius 1 is 1.32 bits per heavy atom. The fraction of sp³-hybridized carbons (Fsp3) is 0.308. The third-order valence-corrected chi connectivity index (χ3v) is 2.59. The Morgan fingerprint density at radius 2 is 2.05 bits per heavy atom. The first-order valence-electron chi connectivity index (χ1n) is 5.70. The number of fused-ring (bicyclic) bond motifs is 1. The van der Waals surface area contributed by atoms with Gasteiger partial charge in [0.2, 0.25) is 0 Å². The summed E-state index contributed by atoms with van der Waals surface area (Å²) in [4.78, 5) is 11.6. The minimum absolute atomic E-state index is 0.0165. The van der Waals surface area contributed by atoms with Gasteiger partial charge in [0.1, 0.15) is 5.58 Å². The zero-order chi connectivity index (χ0) is 14.0. The van der Waals surface area contributed by atoms with Gasteiger partial charge in [-0.3, -0.25) is 4.79 Å². The van der Waals surface area contributed by atoms with Gasteiger partial charge in [0.05, 0.1) is 6.42 Å². The lowest BCUT2D eigenvalue weighted by Crippen LogP contribution is -2.27. The molecule has 102 valence electrons. The number of halogens is 3. The number of carbonyl (C=O) groups is 1. The molecule has 3 nitrogen and oxygen atoms in total. The summed E-state index contributed by atoms with van der Waals surface area (Å²) in [6, 6.07) is 6.93. The van der Waals surface area contributed by atoms with Crippen LogP contribution in [0, 0.1) is 6.92 Å². The van der Waals surface area contributed by atoms with Crippen LogP contribution < -0.4 is 5.32 Å². The lowest BCUT2D eigenvalue weighted by atomic mass is 10.2. The van der Waals surface area contributed by atoms with Crippen LogP contribution in [0.25, 0.3) is 11.0 Å². The molecular formula is C13H12F3NO2. The molecular weight excluding hydrogens is 259 g/mol. The van der Waals surface area contributed by atoms with Crippen molar-refractivity contribution in [1.29, 1.82) is 0 Å². The van der Waals surface area contributed by atoms with E-state index in [-0.39, 0.29) is 5.76 Å². The zero-order valence-corrected chi connectivity index (χ0v) is 10.2. The van der Waals surface area contributed by atoms with Gasteiger partial charge in [0, 0.05) is 11.9 Å². The molecule has 0 aliphatic heterocycles. The first-order chi connectivity index (χ1) is 8.85. The van der Waals surface area contributed by atoms with E-state index in [2.05, 4.69) is 5.32 Å². The Balaban J connectivity index is 2.05. The van der Waals surface area contributed by atoms with Crippen molar-refractivity contribution in [2.24, 2.45) is 0 Å². The summed E-state index contributed by atoms with van der Waals surface area (Å²) >= 11 is 0. The fourth-order valence-electron chi connectivity index (χ4n) is 1.66. The van der Waals surface area contributed by atoms with Crippen LogP contribution in [0.3, 0.4) is 0 Å². The quantitative estimate of drug-likeness (QED) is 0.929. The van der Waals surface area contributed by atoms with Crippen LogP contribution in [0.4, 0.5) is 13.2 Å². The van der Waals surface area contributed by atoms with Crippen LogP contribution in [0.1, 0.15) is 22.5 Å². The third-order valence-electron chi connectivity index (χ3n) is 2.59. The predicted octanol–water partition coefficient (Wildman–Crippen LogP) is 3.42. The van der Waals surface area contributed by atoms with E-state index in [0.29, 0.717) is 5.58 Å². The summed E-state index contributed by atoms with van der Waals surface area (Å²) in [5.41, 5.74) is 1.52. The molecule has 19 heavy (non-hydrogen) atoms. The van der Waals surface area contributed by atoms with E-state index in [1.807, 2.05) is 13.0 Å². The molecule has 0 atom stereocenters. The van der Waals surface area contributed by atoms with Crippen molar-refractivity contribution in [1.82, 2.24) is 5.32 Å². The van der Waals surface area contributed by atoms with E-state index in [1.54, 1.807) is 12.1 Å². The number of nitrogens with one attached hydrogen (secondary N) is 1. The third kappa shape index (κ3) is 3.49. The summed E-state index contributed by atoms with van der Waals surface area (Å²) < 4.78 is 41.1. The van der Waals surface area contributed by atoms with E-state index in [9.17, 15) is 18.0 Å². The normalized spacial score (nSPS) is 11.8. The van der Waals surface area contributed by atoms with Crippen LogP contribution in [-0.4, -0.2) is 18.6 Å². The Morgan fingerprint density at radius 3 is 2.74 bits per heavy atom. The highest BCUT2D eigenvalue weighted by Crippen LogP contribution is 2.21. The number of amides is 1. The molecule has 1 aromatic heterocycles. The number of carbonyl (C=O) groups excluding carboxylic acids is 1. The van der Waals surface area contributed by atoms with Gasteiger partial charge in [-0.15, -0.1) is 0 Å². The Kier molecular flexibility index (Phi) is 3.50. The highest BCUT2D eigenvalue weighted by Gasteiger charge is 2.26. The molecule has 2 rings (SSSR count). The summed E-state index contributed by atoms with van der Waals surface area (Å²) in [6.45, 7) is 1.42. The molecule has 1 aromatic carbocycles. The second-order valence-corrected chi connectivity index (χ2v) is 4.27. The van der Waals surface area contributed by atoms with Crippen LogP contribution >= 0.6 is 0 Å². The molecule has 0 radical (unpaired) electrons. The average molecular weight is 271 g/mol. The average Bonchev–Trinajstić information content (AvgIpc) is 2.70. The molecule has 0 saturated carbocycles. The van der Waals surface area contributed by atoms with Gasteiger partial charge >= 0.3 is 6.18 Å². The minimum atomic E-state index is -4.28. The number of rotatable bonds is 3. The molecule has 0 bridgehead atoms. The lowest BCUT2D eigenvalue weighted by Gasteiger charge is -2.06. The predicted molar refractivity (Wildman–Crippen MR) is 64.0 cm³/mol. The topological polar surface area (TPSA) is 42.2 Å². The van der Waals surface area contributed by atoms with Gasteiger partial charge in [-0.2, -0.15) is 13.2 Å². The van der Waals surface area contributed by atoms with Crippen molar-refractivity contribution in [2.75, 3.05) is 6.54 Å². The number of hydrogen-bond acceptors (Lipinski definition) is 2. The van der Waals surface area contributed by atoms with Crippen LogP contribution in [0.5, 0.6) is 0 Å². The SMILES string of the molecule is Cc1ccc2cc(C(=O)NCCC(F)(F)F)oc2c1. The van der Waals surface area contributed by atoms with Crippen molar-refractivity contribution >= 4 is 16.9 Å². The van der Waals surface area contributed by atoms with Gasteiger partial charge in [0.15, 0.2) is 5.76 Å². The molecule has 0 aliphatic carbocycles. The molecule has 0 unspecified atom stereocenters. The van der Waals surface area contributed by atoms with Gasteiger partial charge in [-0.25, -0.2) is 0 Å². The summed E-state index contributed by atoms with van der Waals surface area (Å²) in [5.74, 6) is -0.624. The summed E-state index contributed by atoms with van der Waals surface area (Å²) in [5, 5.41) is 2.92. The second-order valence-electron chi connectivity index (χ2n) is 4.27. The molecule has 2 aromatic rings. The van der Waals surface area contributed by atoms with E-state index >= 15 is 0 Å². The van der Waals surface area contributed by atoms with Gasteiger partial charge in [0.25, 0.3) is 5.91 Å². The van der Waals surface area contributed by atoms with E-state index in [1.165, 1.54) is 6.07 Å². The van der Waals surface area contributed by atoms with Gasteiger partial charge < -0.3 is 9.73 Å². The summed E-state index contributed by atoms with van der Waals surface area (Å²) in [7, 11) is 0. The maximum Gasteiger partial charge on any atom is 0.390 e. The molecule has 0 aliphatic rings. The van der Waals surface area contributed by atoms with E-state index in [0.717, 1.165) is 10.9 Å². The minimum Gasteiger partial charge on any atom is -0.451 e. The molecule has 1 heterocycles. The molecule has 0 saturated heterocycles. The Hall–Kier alpha value is -1.98. The fourth-order valence-corrected chi connectivity index (χ4v) is 1.66. The Labute approximate surface area is 107 Å². The maximum atomic E-state index is 11.9. The number of furan rings is 1. The van der Waals surface area contributed by atoms with E-state index < -0.39 is 25.0 Å². The monoisotopic (exact) mass is 271 g/mol.